The van der Waals surface area contributed by atoms with Crippen molar-refractivity contribution in [2.45, 2.75) is 35.9 Å². The molecular formula is C17H22N2O4S2. The zero-order valence-electron chi connectivity index (χ0n) is 14.2. The summed E-state index contributed by atoms with van der Waals surface area (Å²) in [6.45, 7) is 4.86. The van der Waals surface area contributed by atoms with E-state index < -0.39 is 15.6 Å². The number of ether oxygens (including phenoxy) is 2. The van der Waals surface area contributed by atoms with Crippen molar-refractivity contribution in [3.8, 4) is 0 Å². The van der Waals surface area contributed by atoms with Gasteiger partial charge in [0.2, 0.25) is 14.2 Å². The molecule has 0 saturated carbocycles. The molecule has 2 aromatic rings. The number of thiazole rings is 1. The van der Waals surface area contributed by atoms with Crippen LogP contribution in [-0.2, 0) is 19.3 Å². The molecule has 4 rings (SSSR count). The minimum Gasteiger partial charge on any atom is -0.347 e. The fraction of sp³-hybridized carbons (Fsp3) is 0.588. The first-order chi connectivity index (χ1) is 12.0. The summed E-state index contributed by atoms with van der Waals surface area (Å²) >= 11 is 1.25. The number of hydrogen-bond donors (Lipinski definition) is 0. The summed E-state index contributed by atoms with van der Waals surface area (Å²) in [6.07, 6.45) is 1.58. The molecular weight excluding hydrogens is 360 g/mol. The molecule has 2 aliphatic heterocycles. The largest absolute Gasteiger partial charge is 0.347 e. The van der Waals surface area contributed by atoms with Crippen molar-refractivity contribution in [2.24, 2.45) is 0 Å². The SMILES string of the molecule is C[C@@H](CS(=O)(=O)c1nc2ccccc2s1)N1CCC2(CC1)OCCO2. The molecule has 0 aliphatic carbocycles. The van der Waals surface area contributed by atoms with Gasteiger partial charge in [-0.3, -0.25) is 4.90 Å². The minimum absolute atomic E-state index is 0.0595. The van der Waals surface area contributed by atoms with E-state index in [1.165, 1.54) is 11.3 Å². The average Bonchev–Trinajstić information content (AvgIpc) is 3.22. The third kappa shape index (κ3) is 3.46. The van der Waals surface area contributed by atoms with Crippen LogP contribution in [0, 0.1) is 0 Å². The Hall–Kier alpha value is -1.06. The third-order valence-corrected chi connectivity index (χ3v) is 8.39. The van der Waals surface area contributed by atoms with Gasteiger partial charge < -0.3 is 9.47 Å². The molecule has 136 valence electrons. The van der Waals surface area contributed by atoms with Crippen LogP contribution in [-0.4, -0.2) is 62.2 Å². The number of likely N-dealkylation sites (tertiary alicyclic amines) is 1. The number of benzene rings is 1. The number of aromatic nitrogens is 1. The van der Waals surface area contributed by atoms with Gasteiger partial charge in [0.1, 0.15) is 0 Å². The first kappa shape index (κ1) is 17.4. The predicted octanol–water partition coefficient (Wildman–Crippen LogP) is 2.30. The van der Waals surface area contributed by atoms with Crippen LogP contribution in [0.5, 0.6) is 0 Å². The second-order valence-corrected chi connectivity index (χ2v) is 9.96. The standard InChI is InChI=1S/C17H22N2O4S2/c1-13(19-8-6-17(7-9-19)22-10-11-23-17)12-25(20,21)16-18-14-4-2-3-5-15(14)24-16/h2-5,13H,6-12H2,1H3/t13-/m0/s1. The Morgan fingerprint density at radius 2 is 1.92 bits per heavy atom. The molecule has 1 spiro atoms. The lowest BCUT2D eigenvalue weighted by molar-refractivity contribution is -0.187. The number of piperidine rings is 1. The quantitative estimate of drug-likeness (QED) is 0.808. The molecule has 8 heteroatoms. The van der Waals surface area contributed by atoms with Gasteiger partial charge in [0, 0.05) is 32.0 Å². The minimum atomic E-state index is -3.39. The summed E-state index contributed by atoms with van der Waals surface area (Å²) < 4.78 is 38.2. The molecule has 1 aromatic heterocycles. The van der Waals surface area contributed by atoms with E-state index >= 15 is 0 Å². The van der Waals surface area contributed by atoms with Crippen LogP contribution in [0.2, 0.25) is 0 Å². The Morgan fingerprint density at radius 1 is 1.24 bits per heavy atom. The monoisotopic (exact) mass is 382 g/mol. The summed E-state index contributed by atoms with van der Waals surface area (Å²) in [6, 6.07) is 7.46. The van der Waals surface area contributed by atoms with Crippen LogP contribution in [0.25, 0.3) is 10.2 Å². The Balaban J connectivity index is 1.43. The topological polar surface area (TPSA) is 68.7 Å². The van der Waals surface area contributed by atoms with E-state index in [9.17, 15) is 8.42 Å². The van der Waals surface area contributed by atoms with Crippen LogP contribution in [0.1, 0.15) is 19.8 Å². The fourth-order valence-corrected chi connectivity index (χ4v) is 6.47. The molecule has 6 nitrogen and oxygen atoms in total. The summed E-state index contributed by atoms with van der Waals surface area (Å²) in [5.74, 6) is -0.344. The number of sulfone groups is 1. The van der Waals surface area contributed by atoms with E-state index in [0.717, 1.165) is 36.1 Å². The summed E-state index contributed by atoms with van der Waals surface area (Å²) in [4.78, 5) is 6.52. The summed E-state index contributed by atoms with van der Waals surface area (Å²) in [5.41, 5.74) is 0.745. The smallest absolute Gasteiger partial charge is 0.210 e. The van der Waals surface area contributed by atoms with Crippen molar-refractivity contribution < 1.29 is 17.9 Å². The number of para-hydroxylation sites is 1. The van der Waals surface area contributed by atoms with Crippen LogP contribution in [0.3, 0.4) is 0 Å². The lowest BCUT2D eigenvalue weighted by atomic mass is 10.0. The van der Waals surface area contributed by atoms with Crippen LogP contribution < -0.4 is 0 Å². The molecule has 2 aliphatic rings. The molecule has 1 aromatic carbocycles. The molecule has 25 heavy (non-hydrogen) atoms. The Bertz CT molecular complexity index is 815. The molecule has 0 N–H and O–H groups in total. The fourth-order valence-electron chi connectivity index (χ4n) is 3.57. The van der Waals surface area contributed by atoms with Crippen molar-refractivity contribution in [1.82, 2.24) is 9.88 Å². The van der Waals surface area contributed by atoms with Crippen molar-refractivity contribution in [2.75, 3.05) is 32.1 Å². The molecule has 2 saturated heterocycles. The zero-order chi connectivity index (χ0) is 17.5. The maximum Gasteiger partial charge on any atom is 0.210 e. The maximum absolute atomic E-state index is 12.8. The van der Waals surface area contributed by atoms with Gasteiger partial charge in [-0.25, -0.2) is 13.4 Å². The van der Waals surface area contributed by atoms with E-state index in [2.05, 4.69) is 9.88 Å². The van der Waals surface area contributed by atoms with E-state index in [1.807, 2.05) is 31.2 Å². The van der Waals surface area contributed by atoms with E-state index in [0.29, 0.717) is 13.2 Å². The number of rotatable bonds is 4. The van der Waals surface area contributed by atoms with Gasteiger partial charge in [-0.1, -0.05) is 12.1 Å². The lowest BCUT2D eigenvalue weighted by Crippen LogP contribution is -2.49. The van der Waals surface area contributed by atoms with Crippen molar-refractivity contribution in [3.63, 3.8) is 0 Å². The van der Waals surface area contributed by atoms with Gasteiger partial charge in [0.05, 0.1) is 29.2 Å². The van der Waals surface area contributed by atoms with Crippen LogP contribution in [0.15, 0.2) is 28.6 Å². The van der Waals surface area contributed by atoms with E-state index in [-0.39, 0.29) is 16.1 Å². The molecule has 3 heterocycles. The maximum atomic E-state index is 12.8. The highest BCUT2D eigenvalue weighted by atomic mass is 32.2. The highest BCUT2D eigenvalue weighted by Gasteiger charge is 2.41. The van der Waals surface area contributed by atoms with Crippen LogP contribution in [0.4, 0.5) is 0 Å². The first-order valence-corrected chi connectivity index (χ1v) is 11.0. The van der Waals surface area contributed by atoms with Crippen molar-refractivity contribution in [3.05, 3.63) is 24.3 Å². The van der Waals surface area contributed by atoms with Crippen LogP contribution >= 0.6 is 11.3 Å². The molecule has 0 amide bonds. The van der Waals surface area contributed by atoms with Gasteiger partial charge >= 0.3 is 0 Å². The van der Waals surface area contributed by atoms with Gasteiger partial charge in [-0.05, 0) is 19.1 Å². The van der Waals surface area contributed by atoms with Gasteiger partial charge in [0.15, 0.2) is 5.79 Å². The summed E-state index contributed by atoms with van der Waals surface area (Å²) in [7, 11) is -3.39. The lowest BCUT2D eigenvalue weighted by Gasteiger charge is -2.40. The third-order valence-electron chi connectivity index (χ3n) is 5.00. The predicted molar refractivity (Wildman–Crippen MR) is 96.6 cm³/mol. The summed E-state index contributed by atoms with van der Waals surface area (Å²) in [5, 5.41) is 0. The molecule has 0 unspecified atom stereocenters. The average molecular weight is 383 g/mol. The molecule has 1 atom stereocenters. The Kier molecular flexibility index (Phi) is 4.57. The molecule has 0 bridgehead atoms. The highest BCUT2D eigenvalue weighted by Crippen LogP contribution is 2.32. The Morgan fingerprint density at radius 3 is 2.60 bits per heavy atom. The highest BCUT2D eigenvalue weighted by molar-refractivity contribution is 7.93. The van der Waals surface area contributed by atoms with E-state index in [1.54, 1.807) is 0 Å². The molecule has 0 radical (unpaired) electrons. The van der Waals surface area contributed by atoms with Gasteiger partial charge in [-0.2, -0.15) is 0 Å². The second kappa shape index (κ2) is 6.59. The first-order valence-electron chi connectivity index (χ1n) is 8.58. The van der Waals surface area contributed by atoms with E-state index in [4.69, 9.17) is 9.47 Å². The number of hydrogen-bond acceptors (Lipinski definition) is 7. The second-order valence-electron chi connectivity index (χ2n) is 6.72. The normalized spacial score (nSPS) is 22.6. The number of nitrogens with zero attached hydrogens (tertiary/aromatic N) is 2. The molecule has 2 fully saturated rings. The van der Waals surface area contributed by atoms with Crippen molar-refractivity contribution >= 4 is 31.4 Å². The van der Waals surface area contributed by atoms with Gasteiger partial charge in [0.25, 0.3) is 0 Å². The number of fused-ring (bicyclic) bond motifs is 1. The zero-order valence-corrected chi connectivity index (χ0v) is 15.8. The van der Waals surface area contributed by atoms with Gasteiger partial charge in [-0.15, -0.1) is 11.3 Å². The Labute approximate surface area is 151 Å². The van der Waals surface area contributed by atoms with Crippen molar-refractivity contribution in [1.29, 1.82) is 0 Å².